The van der Waals surface area contributed by atoms with Gasteiger partial charge in [0.05, 0.1) is 0 Å². The summed E-state index contributed by atoms with van der Waals surface area (Å²) in [5.74, 6) is 0.487. The van der Waals surface area contributed by atoms with Crippen LogP contribution in [0.2, 0.25) is 0 Å². The highest BCUT2D eigenvalue weighted by Crippen LogP contribution is 2.30. The summed E-state index contributed by atoms with van der Waals surface area (Å²) in [5.41, 5.74) is 0.819. The van der Waals surface area contributed by atoms with Crippen LogP contribution in [0, 0.1) is 5.82 Å². The molecule has 1 heterocycles. The molecule has 0 atom stereocenters. The second-order valence-corrected chi connectivity index (χ2v) is 4.14. The number of amidine groups is 1. The van der Waals surface area contributed by atoms with E-state index in [1.807, 2.05) is 0 Å². The van der Waals surface area contributed by atoms with E-state index in [1.54, 1.807) is 17.0 Å². The molecule has 1 saturated carbocycles. The van der Waals surface area contributed by atoms with Gasteiger partial charge >= 0.3 is 0 Å². The Morgan fingerprint density at radius 2 is 1.94 bits per heavy atom. The average molecular weight is 218 g/mol. The van der Waals surface area contributed by atoms with Gasteiger partial charge in [-0.2, -0.15) is 0 Å². The Kier molecular flexibility index (Phi) is 2.02. The maximum Gasteiger partial charge on any atom is 0.250 e. The van der Waals surface area contributed by atoms with Gasteiger partial charge in [0.1, 0.15) is 18.2 Å². The molecule has 0 radical (unpaired) electrons. The summed E-state index contributed by atoms with van der Waals surface area (Å²) in [6.45, 7) is 0.225. The smallest absolute Gasteiger partial charge is 0.250 e. The first-order valence-electron chi connectivity index (χ1n) is 5.38. The second kappa shape index (κ2) is 3.40. The van der Waals surface area contributed by atoms with Gasteiger partial charge in [0.2, 0.25) is 5.91 Å². The summed E-state index contributed by atoms with van der Waals surface area (Å²) in [6, 6.07) is 6.45. The Labute approximate surface area is 92.6 Å². The highest BCUT2D eigenvalue weighted by atomic mass is 19.1. The lowest BCUT2D eigenvalue weighted by atomic mass is 10.2. The van der Waals surface area contributed by atoms with Crippen LogP contribution in [0.5, 0.6) is 0 Å². The summed E-state index contributed by atoms with van der Waals surface area (Å²) in [4.78, 5) is 17.6. The fourth-order valence-corrected chi connectivity index (χ4v) is 1.95. The van der Waals surface area contributed by atoms with Crippen molar-refractivity contribution in [2.24, 2.45) is 4.99 Å². The molecule has 3 nitrogen and oxygen atoms in total. The summed E-state index contributed by atoms with van der Waals surface area (Å²) in [6.07, 6.45) is 2.10. The maximum atomic E-state index is 12.8. The standard InChI is InChI=1S/C12H11FN2O/c13-9-3-1-8(2-4-9)12-14-7-11(16)15(12)10-5-6-10/h1-4,10H,5-7H2. The van der Waals surface area contributed by atoms with Crippen molar-refractivity contribution in [3.05, 3.63) is 35.6 Å². The summed E-state index contributed by atoms with van der Waals surface area (Å²) in [7, 11) is 0. The molecule has 0 bridgehead atoms. The third-order valence-corrected chi connectivity index (χ3v) is 2.88. The van der Waals surface area contributed by atoms with Crippen molar-refractivity contribution in [2.75, 3.05) is 6.54 Å². The molecule has 1 aromatic rings. The molecule has 0 saturated heterocycles. The molecule has 1 fully saturated rings. The third-order valence-electron chi connectivity index (χ3n) is 2.88. The van der Waals surface area contributed by atoms with Crippen LogP contribution in [0.15, 0.2) is 29.3 Å². The first-order valence-corrected chi connectivity index (χ1v) is 5.38. The van der Waals surface area contributed by atoms with Crippen molar-refractivity contribution < 1.29 is 9.18 Å². The van der Waals surface area contributed by atoms with E-state index in [9.17, 15) is 9.18 Å². The highest BCUT2D eigenvalue weighted by Gasteiger charge is 2.38. The lowest BCUT2D eigenvalue weighted by Gasteiger charge is -2.17. The summed E-state index contributed by atoms with van der Waals surface area (Å²) < 4.78 is 12.8. The molecule has 0 aromatic heterocycles. The maximum absolute atomic E-state index is 12.8. The quantitative estimate of drug-likeness (QED) is 0.741. The minimum atomic E-state index is -0.272. The van der Waals surface area contributed by atoms with Crippen molar-refractivity contribution >= 4 is 11.7 Å². The van der Waals surface area contributed by atoms with Crippen molar-refractivity contribution in [3.8, 4) is 0 Å². The first kappa shape index (κ1) is 9.51. The van der Waals surface area contributed by atoms with E-state index in [0.29, 0.717) is 11.9 Å². The van der Waals surface area contributed by atoms with E-state index < -0.39 is 0 Å². The molecule has 1 aromatic carbocycles. The van der Waals surface area contributed by atoms with Gasteiger partial charge in [-0.05, 0) is 37.1 Å². The molecule has 0 spiro atoms. The van der Waals surface area contributed by atoms with Crippen LogP contribution < -0.4 is 0 Å². The van der Waals surface area contributed by atoms with Crippen molar-refractivity contribution in [1.82, 2.24) is 4.90 Å². The zero-order valence-corrected chi connectivity index (χ0v) is 8.69. The van der Waals surface area contributed by atoms with E-state index in [2.05, 4.69) is 4.99 Å². The molecule has 82 valence electrons. The van der Waals surface area contributed by atoms with Crippen LogP contribution in [-0.4, -0.2) is 29.2 Å². The molecular weight excluding hydrogens is 207 g/mol. The Hall–Kier alpha value is -1.71. The van der Waals surface area contributed by atoms with Gasteiger partial charge in [0.15, 0.2) is 0 Å². The number of hydrogen-bond donors (Lipinski definition) is 0. The van der Waals surface area contributed by atoms with Crippen LogP contribution in [-0.2, 0) is 4.79 Å². The number of hydrogen-bond acceptors (Lipinski definition) is 2. The SMILES string of the molecule is O=C1CN=C(c2ccc(F)cc2)N1C1CC1. The topological polar surface area (TPSA) is 32.7 Å². The fourth-order valence-electron chi connectivity index (χ4n) is 1.95. The molecule has 16 heavy (non-hydrogen) atoms. The van der Waals surface area contributed by atoms with Crippen LogP contribution in [0.3, 0.4) is 0 Å². The zero-order valence-electron chi connectivity index (χ0n) is 8.69. The van der Waals surface area contributed by atoms with Gasteiger partial charge in [-0.1, -0.05) is 0 Å². The molecule has 1 amide bonds. The van der Waals surface area contributed by atoms with Crippen molar-refractivity contribution in [1.29, 1.82) is 0 Å². The monoisotopic (exact) mass is 218 g/mol. The van der Waals surface area contributed by atoms with Crippen LogP contribution in [0.25, 0.3) is 0 Å². The van der Waals surface area contributed by atoms with E-state index in [1.165, 1.54) is 12.1 Å². The third kappa shape index (κ3) is 1.50. The fraction of sp³-hybridized carbons (Fsp3) is 0.333. The number of halogens is 1. The predicted molar refractivity (Wildman–Crippen MR) is 57.7 cm³/mol. The average Bonchev–Trinajstić information content (AvgIpc) is 3.04. The number of benzene rings is 1. The minimum absolute atomic E-state index is 0.0572. The number of carbonyl (C=O) groups excluding carboxylic acids is 1. The molecule has 3 rings (SSSR count). The predicted octanol–water partition coefficient (Wildman–Crippen LogP) is 1.58. The Bertz CT molecular complexity index is 462. The van der Waals surface area contributed by atoms with E-state index in [-0.39, 0.29) is 18.3 Å². The zero-order chi connectivity index (χ0) is 11.1. The Balaban J connectivity index is 1.93. The van der Waals surface area contributed by atoms with Crippen LogP contribution in [0.4, 0.5) is 4.39 Å². The largest absolute Gasteiger partial charge is 0.292 e. The van der Waals surface area contributed by atoms with E-state index in [0.717, 1.165) is 18.4 Å². The minimum Gasteiger partial charge on any atom is -0.292 e. The van der Waals surface area contributed by atoms with Gasteiger partial charge in [-0.3, -0.25) is 14.7 Å². The van der Waals surface area contributed by atoms with Gasteiger partial charge in [-0.25, -0.2) is 4.39 Å². The van der Waals surface area contributed by atoms with Gasteiger partial charge in [-0.15, -0.1) is 0 Å². The lowest BCUT2D eigenvalue weighted by Crippen LogP contribution is -2.35. The molecule has 0 N–H and O–H groups in total. The number of aliphatic imine (C=N–C) groups is 1. The first-order chi connectivity index (χ1) is 7.75. The summed E-state index contributed by atoms with van der Waals surface area (Å²) in [5, 5.41) is 0. The molecule has 4 heteroatoms. The second-order valence-electron chi connectivity index (χ2n) is 4.14. The number of rotatable bonds is 2. The number of carbonyl (C=O) groups is 1. The number of amides is 1. The molecular formula is C12H11FN2O. The van der Waals surface area contributed by atoms with Crippen LogP contribution in [0.1, 0.15) is 18.4 Å². The lowest BCUT2D eigenvalue weighted by molar-refractivity contribution is -0.125. The van der Waals surface area contributed by atoms with Gasteiger partial charge in [0.25, 0.3) is 0 Å². The molecule has 1 aliphatic heterocycles. The highest BCUT2D eigenvalue weighted by molar-refractivity contribution is 6.12. The van der Waals surface area contributed by atoms with Crippen molar-refractivity contribution in [3.63, 3.8) is 0 Å². The molecule has 1 aliphatic carbocycles. The van der Waals surface area contributed by atoms with E-state index in [4.69, 9.17) is 0 Å². The summed E-state index contributed by atoms with van der Waals surface area (Å²) >= 11 is 0. The number of nitrogens with zero attached hydrogens (tertiary/aromatic N) is 2. The van der Waals surface area contributed by atoms with E-state index >= 15 is 0 Å². The molecule has 2 aliphatic rings. The Morgan fingerprint density at radius 1 is 1.25 bits per heavy atom. The van der Waals surface area contributed by atoms with Crippen molar-refractivity contribution in [2.45, 2.75) is 18.9 Å². The normalized spacial score (nSPS) is 20.2. The van der Waals surface area contributed by atoms with Gasteiger partial charge in [0, 0.05) is 11.6 Å². The Morgan fingerprint density at radius 3 is 2.56 bits per heavy atom. The molecule has 0 unspecified atom stereocenters. The van der Waals surface area contributed by atoms with Gasteiger partial charge < -0.3 is 0 Å². The van der Waals surface area contributed by atoms with Crippen LogP contribution >= 0.6 is 0 Å².